The van der Waals surface area contributed by atoms with Crippen LogP contribution in [0.15, 0.2) is 58.4 Å². The SMILES string of the molecule is COc1ccc(/C=C2\SC(N3CCN(c4ccc([N+](=O)[O-])cc4)CC3)=NC2=O)cc1. The van der Waals surface area contributed by atoms with Crippen LogP contribution < -0.4 is 9.64 Å². The summed E-state index contributed by atoms with van der Waals surface area (Å²) < 4.78 is 5.16. The number of aliphatic imine (C=N–C) groups is 1. The number of nitro benzene ring substituents is 1. The van der Waals surface area contributed by atoms with Crippen molar-refractivity contribution in [1.29, 1.82) is 0 Å². The zero-order chi connectivity index (χ0) is 21.1. The van der Waals surface area contributed by atoms with Gasteiger partial charge in [0.1, 0.15) is 5.75 Å². The number of rotatable bonds is 4. The summed E-state index contributed by atoms with van der Waals surface area (Å²) >= 11 is 1.40. The van der Waals surface area contributed by atoms with Gasteiger partial charge in [0, 0.05) is 44.0 Å². The number of amidine groups is 1. The number of carbonyl (C=O) groups is 1. The summed E-state index contributed by atoms with van der Waals surface area (Å²) in [4.78, 5) is 31.9. The average Bonchev–Trinajstić information content (AvgIpc) is 3.14. The highest BCUT2D eigenvalue weighted by atomic mass is 32.2. The number of piperazine rings is 1. The van der Waals surface area contributed by atoms with Crippen LogP contribution in [0.2, 0.25) is 0 Å². The minimum absolute atomic E-state index is 0.0868. The van der Waals surface area contributed by atoms with Gasteiger partial charge in [0.15, 0.2) is 5.17 Å². The van der Waals surface area contributed by atoms with Crippen molar-refractivity contribution in [3.63, 3.8) is 0 Å². The van der Waals surface area contributed by atoms with Crippen LogP contribution in [0, 0.1) is 10.1 Å². The lowest BCUT2D eigenvalue weighted by Crippen LogP contribution is -2.47. The third kappa shape index (κ3) is 4.30. The van der Waals surface area contributed by atoms with Gasteiger partial charge < -0.3 is 14.5 Å². The number of non-ortho nitro benzene ring substituents is 1. The number of thioether (sulfide) groups is 1. The van der Waals surface area contributed by atoms with Crippen LogP contribution in [-0.4, -0.2) is 54.2 Å². The predicted octanol–water partition coefficient (Wildman–Crippen LogP) is 3.40. The maximum atomic E-state index is 12.3. The van der Waals surface area contributed by atoms with E-state index in [1.54, 1.807) is 19.2 Å². The quantitative estimate of drug-likeness (QED) is 0.422. The van der Waals surface area contributed by atoms with E-state index < -0.39 is 4.92 Å². The fourth-order valence-corrected chi connectivity index (χ4v) is 4.29. The predicted molar refractivity (Wildman–Crippen MR) is 118 cm³/mol. The molecule has 0 N–H and O–H groups in total. The van der Waals surface area contributed by atoms with Crippen molar-refractivity contribution < 1.29 is 14.5 Å². The molecule has 8 nitrogen and oxygen atoms in total. The topological polar surface area (TPSA) is 88.3 Å². The van der Waals surface area contributed by atoms with Gasteiger partial charge in [-0.1, -0.05) is 12.1 Å². The lowest BCUT2D eigenvalue weighted by atomic mass is 10.2. The van der Waals surface area contributed by atoms with Crippen LogP contribution in [0.5, 0.6) is 5.75 Å². The first-order valence-electron chi connectivity index (χ1n) is 9.44. The summed E-state index contributed by atoms with van der Waals surface area (Å²) in [6.45, 7) is 2.96. The number of anilines is 1. The second-order valence-corrected chi connectivity index (χ2v) is 7.84. The zero-order valence-corrected chi connectivity index (χ0v) is 17.2. The summed E-state index contributed by atoms with van der Waals surface area (Å²) in [5.74, 6) is 0.550. The Morgan fingerprint density at radius 3 is 2.27 bits per heavy atom. The van der Waals surface area contributed by atoms with Crippen molar-refractivity contribution >= 4 is 40.3 Å². The molecule has 0 aromatic heterocycles. The van der Waals surface area contributed by atoms with Crippen molar-refractivity contribution in [2.45, 2.75) is 0 Å². The van der Waals surface area contributed by atoms with Crippen LogP contribution in [0.25, 0.3) is 6.08 Å². The van der Waals surface area contributed by atoms with Gasteiger partial charge in [-0.05, 0) is 47.7 Å². The van der Waals surface area contributed by atoms with Gasteiger partial charge in [-0.3, -0.25) is 14.9 Å². The van der Waals surface area contributed by atoms with E-state index in [1.807, 2.05) is 30.3 Å². The summed E-state index contributed by atoms with van der Waals surface area (Å²) in [6, 6.07) is 14.1. The number of methoxy groups -OCH3 is 1. The Labute approximate surface area is 178 Å². The molecule has 0 saturated carbocycles. The van der Waals surface area contributed by atoms with Gasteiger partial charge in [-0.15, -0.1) is 0 Å². The second-order valence-electron chi connectivity index (χ2n) is 6.83. The van der Waals surface area contributed by atoms with Crippen molar-refractivity contribution in [2.24, 2.45) is 4.99 Å². The Morgan fingerprint density at radius 1 is 1.03 bits per heavy atom. The second kappa shape index (κ2) is 8.58. The molecular formula is C21H20N4O4S. The monoisotopic (exact) mass is 424 g/mol. The minimum Gasteiger partial charge on any atom is -0.497 e. The lowest BCUT2D eigenvalue weighted by molar-refractivity contribution is -0.384. The average molecular weight is 424 g/mol. The molecule has 2 aromatic carbocycles. The number of benzene rings is 2. The first-order chi connectivity index (χ1) is 14.5. The fourth-order valence-electron chi connectivity index (χ4n) is 3.33. The molecule has 0 atom stereocenters. The molecule has 1 saturated heterocycles. The van der Waals surface area contributed by atoms with Crippen LogP contribution in [0.1, 0.15) is 5.56 Å². The van der Waals surface area contributed by atoms with E-state index in [4.69, 9.17) is 4.74 Å². The van der Waals surface area contributed by atoms with Gasteiger partial charge in [0.05, 0.1) is 16.9 Å². The summed E-state index contributed by atoms with van der Waals surface area (Å²) in [5, 5.41) is 11.5. The number of hydrogen-bond acceptors (Lipinski definition) is 7. The smallest absolute Gasteiger partial charge is 0.286 e. The van der Waals surface area contributed by atoms with Gasteiger partial charge in [0.2, 0.25) is 0 Å². The van der Waals surface area contributed by atoms with Crippen LogP contribution in [0.4, 0.5) is 11.4 Å². The van der Waals surface area contributed by atoms with Gasteiger partial charge in [-0.2, -0.15) is 4.99 Å². The molecule has 2 aliphatic rings. The van der Waals surface area contributed by atoms with Crippen LogP contribution >= 0.6 is 11.8 Å². The van der Waals surface area contributed by atoms with Crippen LogP contribution in [-0.2, 0) is 4.79 Å². The molecule has 0 radical (unpaired) electrons. The van der Waals surface area contributed by atoms with Crippen molar-refractivity contribution in [1.82, 2.24) is 4.90 Å². The number of nitrogens with zero attached hydrogens (tertiary/aromatic N) is 4. The third-order valence-corrected chi connectivity index (χ3v) is 6.04. The number of ether oxygens (including phenoxy) is 1. The molecule has 154 valence electrons. The molecule has 0 unspecified atom stereocenters. The molecule has 0 aliphatic carbocycles. The van der Waals surface area contributed by atoms with Gasteiger partial charge in [-0.25, -0.2) is 0 Å². The lowest BCUT2D eigenvalue weighted by Gasteiger charge is -2.36. The molecule has 1 fully saturated rings. The Kier molecular flexibility index (Phi) is 5.71. The van der Waals surface area contributed by atoms with Crippen molar-refractivity contribution in [3.05, 3.63) is 69.1 Å². The molecular weight excluding hydrogens is 404 g/mol. The Bertz CT molecular complexity index is 1010. The number of nitro groups is 1. The van der Waals surface area contributed by atoms with E-state index in [1.165, 1.54) is 23.9 Å². The standard InChI is InChI=1S/C21H20N4O4S/c1-29-18-8-2-15(3-9-18)14-19-20(26)22-21(30-19)24-12-10-23(11-13-24)16-4-6-17(7-5-16)25(27)28/h2-9,14H,10-13H2,1H3/b19-14-. The maximum absolute atomic E-state index is 12.3. The fraction of sp³-hybridized carbons (Fsp3) is 0.238. The molecule has 30 heavy (non-hydrogen) atoms. The maximum Gasteiger partial charge on any atom is 0.286 e. The third-order valence-electron chi connectivity index (χ3n) is 5.00. The summed E-state index contributed by atoms with van der Waals surface area (Å²) in [5.41, 5.74) is 1.97. The van der Waals surface area contributed by atoms with E-state index in [0.29, 0.717) is 4.91 Å². The highest BCUT2D eigenvalue weighted by Gasteiger charge is 2.28. The molecule has 2 aromatic rings. The number of amides is 1. The Hall–Kier alpha value is -3.33. The highest BCUT2D eigenvalue weighted by Crippen LogP contribution is 2.31. The van der Waals surface area contributed by atoms with Crippen molar-refractivity contribution in [2.75, 3.05) is 38.2 Å². The molecule has 1 amide bonds. The Morgan fingerprint density at radius 2 is 1.67 bits per heavy atom. The van der Waals surface area contributed by atoms with Crippen LogP contribution in [0.3, 0.4) is 0 Å². The first-order valence-corrected chi connectivity index (χ1v) is 10.3. The van der Waals surface area contributed by atoms with E-state index in [0.717, 1.165) is 48.3 Å². The normalized spacial score (nSPS) is 18.0. The molecule has 2 heterocycles. The highest BCUT2D eigenvalue weighted by molar-refractivity contribution is 8.18. The first kappa shape index (κ1) is 20.0. The van der Waals surface area contributed by atoms with E-state index in [2.05, 4.69) is 14.8 Å². The van der Waals surface area contributed by atoms with Crippen molar-refractivity contribution in [3.8, 4) is 5.75 Å². The summed E-state index contributed by atoms with van der Waals surface area (Å²) in [6.07, 6.45) is 1.84. The van der Waals surface area contributed by atoms with E-state index >= 15 is 0 Å². The summed E-state index contributed by atoms with van der Waals surface area (Å²) in [7, 11) is 1.62. The van der Waals surface area contributed by atoms with E-state index in [9.17, 15) is 14.9 Å². The Balaban J connectivity index is 1.36. The molecule has 0 spiro atoms. The zero-order valence-electron chi connectivity index (χ0n) is 16.4. The molecule has 4 rings (SSSR count). The van der Waals surface area contributed by atoms with Gasteiger partial charge >= 0.3 is 0 Å². The van der Waals surface area contributed by atoms with Gasteiger partial charge in [0.25, 0.3) is 11.6 Å². The number of hydrogen-bond donors (Lipinski definition) is 0. The molecule has 0 bridgehead atoms. The van der Waals surface area contributed by atoms with E-state index in [-0.39, 0.29) is 11.6 Å². The molecule has 9 heteroatoms. The molecule has 2 aliphatic heterocycles. The minimum atomic E-state index is -0.398. The largest absolute Gasteiger partial charge is 0.497 e. The number of carbonyl (C=O) groups excluding carboxylic acids is 1.